The summed E-state index contributed by atoms with van der Waals surface area (Å²) in [4.78, 5) is 10.9. The van der Waals surface area contributed by atoms with Crippen molar-refractivity contribution in [2.45, 2.75) is 12.8 Å². The Morgan fingerprint density at radius 2 is 2.00 bits per heavy atom. The van der Waals surface area contributed by atoms with E-state index in [1.807, 2.05) is 0 Å². The van der Waals surface area contributed by atoms with Crippen LogP contribution >= 0.6 is 0 Å². The molecule has 0 aliphatic heterocycles. The van der Waals surface area contributed by atoms with E-state index < -0.39 is 21.7 Å². The third kappa shape index (κ3) is 4.07. The molecule has 0 amide bonds. The Hall–Kier alpha value is -1.56. The van der Waals surface area contributed by atoms with E-state index in [0.29, 0.717) is 11.3 Å². The number of carboxylic acid groups (broad SMARTS) is 1. The molecule has 1 atom stereocenters. The third-order valence-electron chi connectivity index (χ3n) is 2.32. The van der Waals surface area contributed by atoms with E-state index in [9.17, 15) is 13.2 Å². The number of carboxylic acids is 1. The molecule has 0 aliphatic carbocycles. The normalized spacial score (nSPS) is 13.1. The van der Waals surface area contributed by atoms with Gasteiger partial charge in [-0.05, 0) is 18.6 Å². The highest BCUT2D eigenvalue weighted by Crippen LogP contribution is 2.24. The van der Waals surface area contributed by atoms with Gasteiger partial charge in [-0.25, -0.2) is 8.42 Å². The van der Waals surface area contributed by atoms with Gasteiger partial charge in [0.25, 0.3) is 0 Å². The molecule has 2 N–H and O–H groups in total. The van der Waals surface area contributed by atoms with Crippen molar-refractivity contribution in [3.8, 4) is 0 Å². The van der Waals surface area contributed by atoms with Gasteiger partial charge in [0.05, 0.1) is 5.92 Å². The van der Waals surface area contributed by atoms with Crippen LogP contribution in [0.25, 0.3) is 0 Å². The highest BCUT2D eigenvalue weighted by molar-refractivity contribution is 7.90. The lowest BCUT2D eigenvalue weighted by Gasteiger charge is -2.14. The fourth-order valence-electron chi connectivity index (χ4n) is 1.38. The lowest BCUT2D eigenvalue weighted by atomic mass is 9.99. The Morgan fingerprint density at radius 1 is 1.41 bits per heavy atom. The van der Waals surface area contributed by atoms with Crippen molar-refractivity contribution in [3.63, 3.8) is 0 Å². The van der Waals surface area contributed by atoms with Gasteiger partial charge in [-0.3, -0.25) is 4.79 Å². The van der Waals surface area contributed by atoms with Crippen LogP contribution in [0.3, 0.4) is 0 Å². The number of hydrogen-bond donors (Lipinski definition) is 2. The summed E-state index contributed by atoms with van der Waals surface area (Å²) in [6, 6.07) is 6.78. The smallest absolute Gasteiger partial charge is 0.310 e. The van der Waals surface area contributed by atoms with Gasteiger partial charge in [-0.1, -0.05) is 18.2 Å². The van der Waals surface area contributed by atoms with E-state index in [0.717, 1.165) is 6.26 Å². The van der Waals surface area contributed by atoms with Crippen LogP contribution in [0, 0.1) is 0 Å². The van der Waals surface area contributed by atoms with Crippen LogP contribution in [0.4, 0.5) is 5.69 Å². The molecule has 1 rings (SSSR count). The van der Waals surface area contributed by atoms with Crippen molar-refractivity contribution < 1.29 is 18.3 Å². The van der Waals surface area contributed by atoms with Crippen LogP contribution < -0.4 is 5.32 Å². The highest BCUT2D eigenvalue weighted by Gasteiger charge is 2.17. The molecule has 94 valence electrons. The molecule has 1 aromatic carbocycles. The molecule has 0 saturated carbocycles. The van der Waals surface area contributed by atoms with Crippen LogP contribution in [0.2, 0.25) is 0 Å². The number of hydrogen-bond acceptors (Lipinski definition) is 4. The third-order valence-corrected chi connectivity index (χ3v) is 2.99. The molecule has 5 nitrogen and oxygen atoms in total. The van der Waals surface area contributed by atoms with Gasteiger partial charge in [-0.15, -0.1) is 0 Å². The number of nitrogens with one attached hydrogen (secondary N) is 1. The minimum atomic E-state index is -3.14. The summed E-state index contributed by atoms with van der Waals surface area (Å²) >= 11 is 0. The van der Waals surface area contributed by atoms with Crippen molar-refractivity contribution in [1.29, 1.82) is 0 Å². The fraction of sp³-hybridized carbons (Fsp3) is 0.364. The monoisotopic (exact) mass is 257 g/mol. The quantitative estimate of drug-likeness (QED) is 0.830. The molecule has 0 aliphatic rings. The van der Waals surface area contributed by atoms with Crippen molar-refractivity contribution in [2.24, 2.45) is 0 Å². The molecule has 0 aromatic heterocycles. The van der Waals surface area contributed by atoms with Gasteiger partial charge in [-0.2, -0.15) is 0 Å². The van der Waals surface area contributed by atoms with Crippen LogP contribution in [-0.4, -0.2) is 31.6 Å². The number of rotatable bonds is 5. The molecule has 1 aromatic rings. The topological polar surface area (TPSA) is 83.5 Å². The molecule has 1 unspecified atom stereocenters. The Balaban J connectivity index is 2.96. The number of aliphatic carboxylic acids is 1. The predicted octanol–water partition coefficient (Wildman–Crippen LogP) is 1.29. The van der Waals surface area contributed by atoms with Crippen LogP contribution in [-0.2, 0) is 14.6 Å². The molecule has 0 radical (unpaired) electrons. The van der Waals surface area contributed by atoms with E-state index in [-0.39, 0.29) is 5.88 Å². The van der Waals surface area contributed by atoms with Crippen molar-refractivity contribution >= 4 is 21.5 Å². The van der Waals surface area contributed by atoms with Gasteiger partial charge in [0, 0.05) is 11.9 Å². The molecule has 0 bridgehead atoms. The van der Waals surface area contributed by atoms with Crippen LogP contribution in [0.15, 0.2) is 24.3 Å². The maximum absolute atomic E-state index is 11.0. The second-order valence-electron chi connectivity index (χ2n) is 3.89. The second kappa shape index (κ2) is 5.18. The van der Waals surface area contributed by atoms with Crippen LogP contribution in [0.5, 0.6) is 0 Å². The van der Waals surface area contributed by atoms with E-state index in [1.54, 1.807) is 31.2 Å². The Morgan fingerprint density at radius 3 is 2.53 bits per heavy atom. The number of sulfone groups is 1. The SMILES string of the molecule is CC(C(=O)O)c1ccccc1NCS(C)(=O)=O. The van der Waals surface area contributed by atoms with Gasteiger partial charge < -0.3 is 10.4 Å². The predicted molar refractivity (Wildman–Crippen MR) is 65.8 cm³/mol. The maximum atomic E-state index is 11.0. The summed E-state index contributed by atoms with van der Waals surface area (Å²) in [6.07, 6.45) is 1.11. The van der Waals surface area contributed by atoms with E-state index in [1.165, 1.54) is 0 Å². The van der Waals surface area contributed by atoms with Gasteiger partial charge in [0.2, 0.25) is 0 Å². The molecule has 0 heterocycles. The number of carbonyl (C=O) groups is 1. The zero-order valence-corrected chi connectivity index (χ0v) is 10.5. The molecular formula is C11H15NO4S. The van der Waals surface area contributed by atoms with E-state index >= 15 is 0 Å². The fourth-order valence-corrected chi connectivity index (χ4v) is 1.80. The number of benzene rings is 1. The largest absolute Gasteiger partial charge is 0.481 e. The summed E-state index contributed by atoms with van der Waals surface area (Å²) in [5.41, 5.74) is 1.11. The molecule has 0 spiro atoms. The summed E-state index contributed by atoms with van der Waals surface area (Å²) in [7, 11) is -3.14. The molecule has 0 fully saturated rings. The second-order valence-corrected chi connectivity index (χ2v) is 6.03. The van der Waals surface area contributed by atoms with E-state index in [2.05, 4.69) is 5.32 Å². The average molecular weight is 257 g/mol. The standard InChI is InChI=1S/C11H15NO4S/c1-8(11(13)14)9-5-3-4-6-10(9)12-7-17(2,15)16/h3-6,8,12H,7H2,1-2H3,(H,13,14). The zero-order valence-electron chi connectivity index (χ0n) is 9.67. The number of anilines is 1. The lowest BCUT2D eigenvalue weighted by molar-refractivity contribution is -0.138. The Labute approximate surface area is 100 Å². The minimum Gasteiger partial charge on any atom is -0.481 e. The Kier molecular flexibility index (Phi) is 4.11. The van der Waals surface area contributed by atoms with Gasteiger partial charge in [0.15, 0.2) is 9.84 Å². The van der Waals surface area contributed by atoms with Crippen molar-refractivity contribution in [1.82, 2.24) is 0 Å². The summed E-state index contributed by atoms with van der Waals surface area (Å²) in [5.74, 6) is -1.84. The van der Waals surface area contributed by atoms with Crippen molar-refractivity contribution in [2.75, 3.05) is 17.4 Å². The average Bonchev–Trinajstić information content (AvgIpc) is 2.24. The first-order valence-electron chi connectivity index (χ1n) is 5.04. The molecular weight excluding hydrogens is 242 g/mol. The Bertz CT molecular complexity index is 510. The summed E-state index contributed by atoms with van der Waals surface area (Å²) in [6.45, 7) is 1.56. The zero-order chi connectivity index (χ0) is 13.1. The molecule has 6 heteroatoms. The first-order chi connectivity index (χ1) is 7.81. The molecule has 17 heavy (non-hydrogen) atoms. The maximum Gasteiger partial charge on any atom is 0.310 e. The minimum absolute atomic E-state index is 0.212. The summed E-state index contributed by atoms with van der Waals surface area (Å²) < 4.78 is 22.1. The number of para-hydroxylation sites is 1. The van der Waals surface area contributed by atoms with Gasteiger partial charge in [0.1, 0.15) is 5.88 Å². The van der Waals surface area contributed by atoms with Crippen molar-refractivity contribution in [3.05, 3.63) is 29.8 Å². The van der Waals surface area contributed by atoms with Gasteiger partial charge >= 0.3 is 5.97 Å². The van der Waals surface area contributed by atoms with E-state index in [4.69, 9.17) is 5.11 Å². The first-order valence-corrected chi connectivity index (χ1v) is 7.10. The highest BCUT2D eigenvalue weighted by atomic mass is 32.2. The molecule has 0 saturated heterocycles. The first kappa shape index (κ1) is 13.5. The lowest BCUT2D eigenvalue weighted by Crippen LogP contribution is -2.16. The summed E-state index contributed by atoms with van der Waals surface area (Å²) in [5, 5.41) is 11.7. The van der Waals surface area contributed by atoms with Crippen LogP contribution in [0.1, 0.15) is 18.4 Å².